The van der Waals surface area contributed by atoms with Gasteiger partial charge in [0.1, 0.15) is 5.84 Å². The van der Waals surface area contributed by atoms with E-state index >= 15 is 0 Å². The van der Waals surface area contributed by atoms with E-state index in [0.717, 1.165) is 38.2 Å². The van der Waals surface area contributed by atoms with Crippen LogP contribution in [0.15, 0.2) is 52.3 Å². The summed E-state index contributed by atoms with van der Waals surface area (Å²) in [6, 6.07) is 15.4. The molecule has 1 unspecified atom stereocenters. The van der Waals surface area contributed by atoms with Crippen LogP contribution < -0.4 is 10.2 Å². The third kappa shape index (κ3) is 5.85. The van der Waals surface area contributed by atoms with Gasteiger partial charge in [0.05, 0.1) is 11.4 Å². The van der Waals surface area contributed by atoms with Crippen molar-refractivity contribution >= 4 is 53.8 Å². The number of nitrogens with one attached hydrogen (secondary N) is 2. The van der Waals surface area contributed by atoms with Crippen LogP contribution in [-0.2, 0) is 0 Å². The SMILES string of the molecule is CCCNC(=N)c1ccc2c(c1)N(C(C)CN(CC)CC)c1ccccc1S2.Cl.Cl. The number of likely N-dealkylation sites (N-methyl/N-ethyl adjacent to an activating group) is 1. The number of hydrogen-bond acceptors (Lipinski definition) is 4. The molecule has 0 radical (unpaired) electrons. The van der Waals surface area contributed by atoms with Crippen molar-refractivity contribution in [2.75, 3.05) is 31.1 Å². The van der Waals surface area contributed by atoms with Crippen LogP contribution in [0.5, 0.6) is 0 Å². The molecule has 2 aromatic carbocycles. The summed E-state index contributed by atoms with van der Waals surface area (Å²) in [5.74, 6) is 0.504. The zero-order valence-corrected chi connectivity index (χ0v) is 20.7. The van der Waals surface area contributed by atoms with Crippen molar-refractivity contribution in [3.05, 3.63) is 48.0 Å². The largest absolute Gasteiger partial charge is 0.370 e. The molecule has 0 amide bonds. The minimum absolute atomic E-state index is 0. The molecule has 2 N–H and O–H groups in total. The molecule has 0 fully saturated rings. The van der Waals surface area contributed by atoms with Gasteiger partial charge in [-0.05, 0) is 50.7 Å². The Labute approximate surface area is 198 Å². The molecular weight excluding hydrogens is 435 g/mol. The number of rotatable bonds is 8. The van der Waals surface area contributed by atoms with E-state index < -0.39 is 0 Å². The van der Waals surface area contributed by atoms with E-state index in [1.54, 1.807) is 0 Å². The zero-order valence-electron chi connectivity index (χ0n) is 18.3. The van der Waals surface area contributed by atoms with Crippen LogP contribution in [0, 0.1) is 5.41 Å². The summed E-state index contributed by atoms with van der Waals surface area (Å²) in [4.78, 5) is 7.50. The number of benzene rings is 2. The highest BCUT2D eigenvalue weighted by Crippen LogP contribution is 2.49. The number of hydrogen-bond donors (Lipinski definition) is 2. The first-order valence-electron chi connectivity index (χ1n) is 10.3. The molecule has 1 aliphatic rings. The second-order valence-corrected chi connectivity index (χ2v) is 8.34. The summed E-state index contributed by atoms with van der Waals surface area (Å²) < 4.78 is 0. The van der Waals surface area contributed by atoms with Crippen LogP contribution in [0.1, 0.15) is 39.7 Å². The van der Waals surface area contributed by atoms with Crippen LogP contribution in [0.25, 0.3) is 0 Å². The van der Waals surface area contributed by atoms with E-state index in [1.807, 2.05) is 11.8 Å². The molecule has 0 bridgehead atoms. The van der Waals surface area contributed by atoms with Crippen molar-refractivity contribution in [3.8, 4) is 0 Å². The minimum atomic E-state index is 0. The smallest absolute Gasteiger partial charge is 0.125 e. The third-order valence-corrected chi connectivity index (χ3v) is 6.39. The highest BCUT2D eigenvalue weighted by Gasteiger charge is 2.28. The van der Waals surface area contributed by atoms with Gasteiger partial charge >= 0.3 is 0 Å². The quantitative estimate of drug-likeness (QED) is 0.358. The molecule has 0 aromatic heterocycles. The molecule has 0 aliphatic carbocycles. The Balaban J connectivity index is 0.00000225. The Bertz CT molecular complexity index is 827. The van der Waals surface area contributed by atoms with E-state index in [-0.39, 0.29) is 24.8 Å². The average molecular weight is 470 g/mol. The molecule has 0 saturated carbocycles. The van der Waals surface area contributed by atoms with Crippen molar-refractivity contribution in [1.29, 1.82) is 5.41 Å². The van der Waals surface area contributed by atoms with Crippen LogP contribution in [0.3, 0.4) is 0 Å². The lowest BCUT2D eigenvalue weighted by Gasteiger charge is -2.39. The number of halogens is 2. The first-order chi connectivity index (χ1) is 13.6. The summed E-state index contributed by atoms with van der Waals surface area (Å²) in [7, 11) is 0. The predicted molar refractivity (Wildman–Crippen MR) is 136 cm³/mol. The predicted octanol–water partition coefficient (Wildman–Crippen LogP) is 6.19. The van der Waals surface area contributed by atoms with Gasteiger partial charge in [-0.3, -0.25) is 5.41 Å². The van der Waals surface area contributed by atoms with Crippen molar-refractivity contribution in [2.45, 2.75) is 49.9 Å². The Morgan fingerprint density at radius 1 is 1.03 bits per heavy atom. The van der Waals surface area contributed by atoms with Crippen LogP contribution >= 0.6 is 36.6 Å². The molecule has 166 valence electrons. The van der Waals surface area contributed by atoms with E-state index in [2.05, 4.69) is 85.3 Å². The van der Waals surface area contributed by atoms with Gasteiger partial charge in [0.15, 0.2) is 0 Å². The first-order valence-corrected chi connectivity index (χ1v) is 11.2. The second-order valence-electron chi connectivity index (χ2n) is 7.26. The molecule has 4 nitrogen and oxygen atoms in total. The number of nitrogens with zero attached hydrogens (tertiary/aromatic N) is 2. The molecular formula is C23H34Cl2N4S. The number of anilines is 2. The molecule has 0 spiro atoms. The number of fused-ring (bicyclic) bond motifs is 2. The fourth-order valence-corrected chi connectivity index (χ4v) is 4.75. The average Bonchev–Trinajstić information content (AvgIpc) is 2.73. The molecule has 2 aromatic rings. The fourth-order valence-electron chi connectivity index (χ4n) is 3.70. The van der Waals surface area contributed by atoms with Crippen LogP contribution in [-0.4, -0.2) is 43.0 Å². The van der Waals surface area contributed by atoms with Crippen LogP contribution in [0.4, 0.5) is 11.4 Å². The highest BCUT2D eigenvalue weighted by atomic mass is 35.5. The van der Waals surface area contributed by atoms with Gasteiger partial charge in [0.2, 0.25) is 0 Å². The maximum Gasteiger partial charge on any atom is 0.125 e. The first kappa shape index (κ1) is 26.6. The van der Waals surface area contributed by atoms with Crippen LogP contribution in [0.2, 0.25) is 0 Å². The summed E-state index contributed by atoms with van der Waals surface area (Å²) in [5.41, 5.74) is 3.43. The van der Waals surface area contributed by atoms with Crippen molar-refractivity contribution < 1.29 is 0 Å². The van der Waals surface area contributed by atoms with Gasteiger partial charge < -0.3 is 15.1 Å². The van der Waals surface area contributed by atoms with Gasteiger partial charge in [-0.2, -0.15) is 0 Å². The third-order valence-electron chi connectivity index (χ3n) is 5.26. The lowest BCUT2D eigenvalue weighted by Crippen LogP contribution is -2.41. The highest BCUT2D eigenvalue weighted by molar-refractivity contribution is 7.99. The molecule has 1 heterocycles. The fraction of sp³-hybridized carbons (Fsp3) is 0.435. The van der Waals surface area contributed by atoms with Crippen molar-refractivity contribution in [2.24, 2.45) is 0 Å². The molecule has 0 saturated heterocycles. The minimum Gasteiger partial charge on any atom is -0.370 e. The normalized spacial score (nSPS) is 12.9. The Morgan fingerprint density at radius 3 is 2.37 bits per heavy atom. The van der Waals surface area contributed by atoms with Gasteiger partial charge in [0, 0.05) is 34.5 Å². The Hall–Kier alpha value is -1.40. The number of amidine groups is 1. The lowest BCUT2D eigenvalue weighted by molar-refractivity contribution is 0.288. The molecule has 7 heteroatoms. The van der Waals surface area contributed by atoms with Gasteiger partial charge in [-0.1, -0.05) is 50.7 Å². The van der Waals surface area contributed by atoms with Crippen molar-refractivity contribution in [3.63, 3.8) is 0 Å². The Morgan fingerprint density at radius 2 is 1.70 bits per heavy atom. The van der Waals surface area contributed by atoms with E-state index in [1.165, 1.54) is 21.2 Å². The topological polar surface area (TPSA) is 42.4 Å². The second kappa shape index (κ2) is 12.5. The summed E-state index contributed by atoms with van der Waals surface area (Å²) in [6.07, 6.45) is 1.02. The molecule has 3 rings (SSSR count). The maximum absolute atomic E-state index is 8.40. The Kier molecular flexibility index (Phi) is 11.1. The standard InChI is InChI=1S/C23H32N4S.2ClH/c1-5-14-25-23(24)18-12-13-22-20(15-18)27(17(4)16-26(6-2)7-3)19-10-8-9-11-21(19)28-22;;/h8-13,15,17H,5-7,14,16H2,1-4H3,(H2,24,25);2*1H. The van der Waals surface area contributed by atoms with Crippen molar-refractivity contribution in [1.82, 2.24) is 10.2 Å². The van der Waals surface area contributed by atoms with Gasteiger partial charge in [-0.25, -0.2) is 0 Å². The number of para-hydroxylation sites is 1. The summed E-state index contributed by atoms with van der Waals surface area (Å²) in [6.45, 7) is 12.8. The lowest BCUT2D eigenvalue weighted by atomic mass is 10.1. The molecule has 1 atom stereocenters. The van der Waals surface area contributed by atoms with E-state index in [9.17, 15) is 0 Å². The monoisotopic (exact) mass is 468 g/mol. The molecule has 1 aliphatic heterocycles. The van der Waals surface area contributed by atoms with Gasteiger partial charge in [0.25, 0.3) is 0 Å². The maximum atomic E-state index is 8.40. The van der Waals surface area contributed by atoms with E-state index in [4.69, 9.17) is 5.41 Å². The summed E-state index contributed by atoms with van der Waals surface area (Å²) >= 11 is 1.83. The summed E-state index contributed by atoms with van der Waals surface area (Å²) in [5, 5.41) is 11.6. The van der Waals surface area contributed by atoms with Gasteiger partial charge in [-0.15, -0.1) is 24.8 Å². The van der Waals surface area contributed by atoms with E-state index in [0.29, 0.717) is 11.9 Å². The zero-order chi connectivity index (χ0) is 20.1. The molecule has 30 heavy (non-hydrogen) atoms.